The largest absolute Gasteiger partial charge is 0.494 e. The van der Waals surface area contributed by atoms with Gasteiger partial charge in [0.1, 0.15) is 5.75 Å². The van der Waals surface area contributed by atoms with E-state index in [1.165, 1.54) is 0 Å². The molecule has 1 aromatic carbocycles. The third-order valence-electron chi connectivity index (χ3n) is 2.32. The predicted molar refractivity (Wildman–Crippen MR) is 75.5 cm³/mol. The van der Waals surface area contributed by atoms with E-state index in [4.69, 9.17) is 22.1 Å². The maximum atomic E-state index is 11.2. The van der Waals surface area contributed by atoms with Crippen molar-refractivity contribution in [1.82, 2.24) is 4.90 Å². The van der Waals surface area contributed by atoms with Crippen molar-refractivity contribution in [3.8, 4) is 5.75 Å². The van der Waals surface area contributed by atoms with Crippen molar-refractivity contribution in [2.24, 2.45) is 5.73 Å². The molecular weight excluding hydrogens is 275 g/mol. The lowest BCUT2D eigenvalue weighted by Crippen LogP contribution is -2.33. The number of ether oxygens (including phenoxy) is 1. The van der Waals surface area contributed by atoms with Crippen LogP contribution in [0.3, 0.4) is 0 Å². The molecular formula is C12H18Cl2N2O2. The predicted octanol–water partition coefficient (Wildman–Crippen LogP) is 1.95. The van der Waals surface area contributed by atoms with Gasteiger partial charge in [0.15, 0.2) is 0 Å². The number of nitrogens with zero attached hydrogens (tertiary/aromatic N) is 1. The number of rotatable bonds is 6. The fraction of sp³-hybridized carbons (Fsp3) is 0.417. The minimum absolute atomic E-state index is 0. The average Bonchev–Trinajstić information content (AvgIpc) is 2.35. The fourth-order valence-corrected chi connectivity index (χ4v) is 1.43. The normalized spacial score (nSPS) is 9.50. The van der Waals surface area contributed by atoms with Crippen LogP contribution in [0.2, 0.25) is 5.02 Å². The first-order valence-corrected chi connectivity index (χ1v) is 5.83. The highest BCUT2D eigenvalue weighted by molar-refractivity contribution is 6.30. The maximum absolute atomic E-state index is 11.2. The zero-order chi connectivity index (χ0) is 12.7. The molecule has 0 aliphatic rings. The van der Waals surface area contributed by atoms with Crippen LogP contribution in [-0.2, 0) is 4.79 Å². The molecule has 2 N–H and O–H groups in total. The molecule has 102 valence electrons. The Morgan fingerprint density at radius 1 is 1.39 bits per heavy atom. The summed E-state index contributed by atoms with van der Waals surface area (Å²) in [6.45, 7) is 1.25. The van der Waals surface area contributed by atoms with E-state index in [9.17, 15) is 4.79 Å². The molecule has 0 unspecified atom stereocenters. The third kappa shape index (κ3) is 6.10. The molecule has 0 aromatic heterocycles. The smallest absolute Gasteiger partial charge is 0.236 e. The van der Waals surface area contributed by atoms with Crippen LogP contribution in [-0.4, -0.2) is 37.6 Å². The Balaban J connectivity index is 0.00000289. The minimum atomic E-state index is -0.0588. The van der Waals surface area contributed by atoms with E-state index in [-0.39, 0.29) is 24.9 Å². The Morgan fingerprint density at radius 2 is 2.00 bits per heavy atom. The van der Waals surface area contributed by atoms with E-state index in [2.05, 4.69) is 0 Å². The van der Waals surface area contributed by atoms with Crippen LogP contribution >= 0.6 is 24.0 Å². The summed E-state index contributed by atoms with van der Waals surface area (Å²) >= 11 is 5.75. The Labute approximate surface area is 118 Å². The van der Waals surface area contributed by atoms with Crippen molar-refractivity contribution >= 4 is 29.9 Å². The fourth-order valence-electron chi connectivity index (χ4n) is 1.30. The van der Waals surface area contributed by atoms with E-state index in [1.54, 1.807) is 24.1 Å². The molecule has 0 aliphatic heterocycles. The first kappa shape index (κ1) is 17.0. The van der Waals surface area contributed by atoms with E-state index >= 15 is 0 Å². The molecule has 0 radical (unpaired) electrons. The van der Waals surface area contributed by atoms with Gasteiger partial charge in [0.05, 0.1) is 13.2 Å². The summed E-state index contributed by atoms with van der Waals surface area (Å²) in [5.74, 6) is 0.721. The van der Waals surface area contributed by atoms with Crippen LogP contribution in [0.5, 0.6) is 5.75 Å². The van der Waals surface area contributed by atoms with Gasteiger partial charge in [-0.25, -0.2) is 0 Å². The molecule has 4 nitrogen and oxygen atoms in total. The maximum Gasteiger partial charge on any atom is 0.236 e. The Hall–Kier alpha value is -0.970. The molecule has 0 fully saturated rings. The highest BCUT2D eigenvalue weighted by Crippen LogP contribution is 2.15. The van der Waals surface area contributed by atoms with Gasteiger partial charge >= 0.3 is 0 Å². The van der Waals surface area contributed by atoms with Crippen LogP contribution in [0.15, 0.2) is 24.3 Å². The van der Waals surface area contributed by atoms with Crippen molar-refractivity contribution in [3.05, 3.63) is 29.3 Å². The number of carbonyl (C=O) groups is 1. The standard InChI is InChI=1S/C12H17ClN2O2.ClH/c1-15(12(16)9-14)7-2-8-17-11-5-3-10(13)4-6-11;/h3-6H,2,7-9,14H2,1H3;1H. The van der Waals surface area contributed by atoms with Gasteiger partial charge in [-0.2, -0.15) is 0 Å². The molecule has 18 heavy (non-hydrogen) atoms. The van der Waals surface area contributed by atoms with Crippen LogP contribution in [0.25, 0.3) is 0 Å². The second kappa shape index (κ2) is 9.03. The van der Waals surface area contributed by atoms with E-state index < -0.39 is 0 Å². The van der Waals surface area contributed by atoms with E-state index in [1.807, 2.05) is 12.1 Å². The topological polar surface area (TPSA) is 55.6 Å². The summed E-state index contributed by atoms with van der Waals surface area (Å²) in [6, 6.07) is 7.19. The van der Waals surface area contributed by atoms with Crippen LogP contribution in [0.1, 0.15) is 6.42 Å². The first-order valence-electron chi connectivity index (χ1n) is 5.46. The van der Waals surface area contributed by atoms with Crippen molar-refractivity contribution < 1.29 is 9.53 Å². The summed E-state index contributed by atoms with van der Waals surface area (Å²) < 4.78 is 5.50. The number of hydrogen-bond acceptors (Lipinski definition) is 3. The summed E-state index contributed by atoms with van der Waals surface area (Å²) in [5.41, 5.74) is 5.25. The third-order valence-corrected chi connectivity index (χ3v) is 2.57. The number of halogens is 2. The molecule has 0 bridgehead atoms. The number of carbonyl (C=O) groups excluding carboxylic acids is 1. The molecule has 0 spiro atoms. The van der Waals surface area contributed by atoms with Gasteiger partial charge in [-0.15, -0.1) is 12.4 Å². The number of benzene rings is 1. The summed E-state index contributed by atoms with van der Waals surface area (Å²) in [7, 11) is 1.73. The summed E-state index contributed by atoms with van der Waals surface area (Å²) in [4.78, 5) is 12.8. The van der Waals surface area contributed by atoms with Gasteiger partial charge < -0.3 is 15.4 Å². The lowest BCUT2D eigenvalue weighted by atomic mass is 10.3. The molecule has 0 heterocycles. The first-order chi connectivity index (χ1) is 8.13. The minimum Gasteiger partial charge on any atom is -0.494 e. The molecule has 1 aromatic rings. The molecule has 0 saturated carbocycles. The number of likely N-dealkylation sites (N-methyl/N-ethyl adjacent to an activating group) is 1. The Morgan fingerprint density at radius 3 is 2.56 bits per heavy atom. The van der Waals surface area contributed by atoms with Gasteiger partial charge in [-0.3, -0.25) is 4.79 Å². The lowest BCUT2D eigenvalue weighted by molar-refractivity contribution is -0.128. The summed E-state index contributed by atoms with van der Waals surface area (Å²) in [6.07, 6.45) is 0.769. The molecule has 6 heteroatoms. The zero-order valence-corrected chi connectivity index (χ0v) is 11.8. The lowest BCUT2D eigenvalue weighted by Gasteiger charge is -2.16. The van der Waals surface area contributed by atoms with Crippen molar-refractivity contribution in [3.63, 3.8) is 0 Å². The van der Waals surface area contributed by atoms with E-state index in [0.717, 1.165) is 12.2 Å². The highest BCUT2D eigenvalue weighted by atomic mass is 35.5. The van der Waals surface area contributed by atoms with Gasteiger partial charge in [0, 0.05) is 18.6 Å². The van der Waals surface area contributed by atoms with Crippen LogP contribution in [0.4, 0.5) is 0 Å². The van der Waals surface area contributed by atoms with Crippen LogP contribution in [0, 0.1) is 0 Å². The van der Waals surface area contributed by atoms with Gasteiger partial charge in [-0.05, 0) is 30.7 Å². The molecule has 0 saturated heterocycles. The SMILES string of the molecule is CN(CCCOc1ccc(Cl)cc1)C(=O)CN.Cl. The zero-order valence-electron chi connectivity index (χ0n) is 10.3. The van der Waals surface area contributed by atoms with Gasteiger partial charge in [0.2, 0.25) is 5.91 Å². The van der Waals surface area contributed by atoms with Crippen LogP contribution < -0.4 is 10.5 Å². The summed E-state index contributed by atoms with van der Waals surface area (Å²) in [5, 5.41) is 0.686. The quantitative estimate of drug-likeness (QED) is 0.816. The number of nitrogens with two attached hydrogens (primary N) is 1. The van der Waals surface area contributed by atoms with Crippen molar-refractivity contribution in [1.29, 1.82) is 0 Å². The van der Waals surface area contributed by atoms with Crippen molar-refractivity contribution in [2.75, 3.05) is 26.7 Å². The Kier molecular flexibility index (Phi) is 8.54. The van der Waals surface area contributed by atoms with Crippen molar-refractivity contribution in [2.45, 2.75) is 6.42 Å². The highest BCUT2D eigenvalue weighted by Gasteiger charge is 2.04. The van der Waals surface area contributed by atoms with Gasteiger partial charge in [-0.1, -0.05) is 11.6 Å². The monoisotopic (exact) mass is 292 g/mol. The molecule has 1 amide bonds. The second-order valence-electron chi connectivity index (χ2n) is 3.68. The molecule has 0 aliphatic carbocycles. The van der Waals surface area contributed by atoms with E-state index in [0.29, 0.717) is 18.2 Å². The van der Waals surface area contributed by atoms with Gasteiger partial charge in [0.25, 0.3) is 0 Å². The molecule has 1 rings (SSSR count). The number of amides is 1. The second-order valence-corrected chi connectivity index (χ2v) is 4.11. The Bertz CT molecular complexity index is 358. The number of hydrogen-bond donors (Lipinski definition) is 1. The average molecular weight is 293 g/mol. The molecule has 0 atom stereocenters.